The first kappa shape index (κ1) is 25.5. The molecule has 8 nitrogen and oxygen atoms in total. The van der Waals surface area contributed by atoms with Crippen LogP contribution in [0.5, 0.6) is 0 Å². The van der Waals surface area contributed by atoms with Gasteiger partial charge in [0.15, 0.2) is 12.6 Å². The van der Waals surface area contributed by atoms with Crippen LogP contribution >= 0.6 is 0 Å². The zero-order valence-electron chi connectivity index (χ0n) is 18.8. The Morgan fingerprint density at radius 2 is 1.71 bits per heavy atom. The molecule has 1 aromatic heterocycles. The second-order valence-electron chi connectivity index (χ2n) is 8.59. The molecule has 2 atom stereocenters. The Hall–Kier alpha value is -3.14. The topological polar surface area (TPSA) is 101 Å². The molecule has 178 valence electrons. The summed E-state index contributed by atoms with van der Waals surface area (Å²) in [6, 6.07) is 19.2. The zero-order chi connectivity index (χ0) is 23.3. The SMILES string of the molecule is C[N@@+]1(CC(=O)Nc2ccncn2)CCC(OC(=O)C(O)(c2ccccc2)c2ccccc2)C1.[Br-]. The molecule has 0 spiro atoms. The summed E-state index contributed by atoms with van der Waals surface area (Å²) in [7, 11) is 1.95. The van der Waals surface area contributed by atoms with E-state index in [-0.39, 0.29) is 29.4 Å². The van der Waals surface area contributed by atoms with Crippen molar-refractivity contribution in [3.05, 3.63) is 90.4 Å². The third kappa shape index (κ3) is 5.67. The third-order valence-electron chi connectivity index (χ3n) is 5.96. The fourth-order valence-electron chi connectivity index (χ4n) is 4.26. The predicted octanol–water partition coefficient (Wildman–Crippen LogP) is -0.883. The fraction of sp³-hybridized carbons (Fsp3) is 0.280. The molecule has 1 unspecified atom stereocenters. The van der Waals surface area contributed by atoms with E-state index in [9.17, 15) is 14.7 Å². The molecule has 0 aliphatic carbocycles. The van der Waals surface area contributed by atoms with E-state index in [1.165, 1.54) is 6.33 Å². The van der Waals surface area contributed by atoms with Gasteiger partial charge in [0.05, 0.1) is 13.6 Å². The second kappa shape index (κ2) is 10.9. The Kier molecular flexibility index (Phi) is 8.14. The van der Waals surface area contributed by atoms with E-state index in [1.807, 2.05) is 19.2 Å². The molecule has 0 saturated carbocycles. The number of carbonyl (C=O) groups excluding carboxylic acids is 2. The molecule has 0 radical (unpaired) electrons. The Bertz CT molecular complexity index is 1060. The van der Waals surface area contributed by atoms with Gasteiger partial charge in [-0.05, 0) is 17.2 Å². The van der Waals surface area contributed by atoms with E-state index in [2.05, 4.69) is 15.3 Å². The first-order valence-corrected chi connectivity index (χ1v) is 10.8. The van der Waals surface area contributed by atoms with Gasteiger partial charge in [0.1, 0.15) is 18.7 Å². The summed E-state index contributed by atoms with van der Waals surface area (Å²) in [4.78, 5) is 33.7. The summed E-state index contributed by atoms with van der Waals surface area (Å²) in [5, 5.41) is 14.3. The standard InChI is InChI=1S/C25H26N4O4.BrH/c1-29(17-23(30)28-22-12-14-26-18-27-22)15-13-21(16-29)33-24(31)25(32,19-8-4-2-5-9-19)20-10-6-3-7-11-20;/h2-12,14,18,21,32H,13,15-17H2,1H3;1H/t21?,29-;/m1./s1. The van der Waals surface area contributed by atoms with Crippen LogP contribution in [0.25, 0.3) is 0 Å². The van der Waals surface area contributed by atoms with Crippen molar-refractivity contribution < 1.29 is 40.9 Å². The number of esters is 1. The van der Waals surface area contributed by atoms with Crippen molar-refractivity contribution in [1.29, 1.82) is 0 Å². The van der Waals surface area contributed by atoms with Gasteiger partial charge in [-0.2, -0.15) is 0 Å². The lowest BCUT2D eigenvalue weighted by Crippen LogP contribution is -3.00. The monoisotopic (exact) mass is 526 g/mol. The number of likely N-dealkylation sites (tertiary alicyclic amines) is 1. The van der Waals surface area contributed by atoms with Crippen molar-refractivity contribution in [3.8, 4) is 0 Å². The molecule has 1 aliphatic rings. The van der Waals surface area contributed by atoms with Crippen LogP contribution in [0.3, 0.4) is 0 Å². The van der Waals surface area contributed by atoms with E-state index in [0.717, 1.165) is 0 Å². The highest BCUT2D eigenvalue weighted by molar-refractivity contribution is 5.90. The highest BCUT2D eigenvalue weighted by Gasteiger charge is 2.45. The van der Waals surface area contributed by atoms with Gasteiger partial charge < -0.3 is 36.6 Å². The van der Waals surface area contributed by atoms with E-state index in [4.69, 9.17) is 4.74 Å². The number of hydrogen-bond donors (Lipinski definition) is 2. The molecular formula is C25H27BrN4O4. The molecule has 2 aromatic carbocycles. The summed E-state index contributed by atoms with van der Waals surface area (Å²) in [5.41, 5.74) is -1.03. The maximum atomic E-state index is 13.3. The maximum Gasteiger partial charge on any atom is 0.348 e. The van der Waals surface area contributed by atoms with Gasteiger partial charge in [-0.1, -0.05) is 60.7 Å². The summed E-state index contributed by atoms with van der Waals surface area (Å²) in [6.07, 6.45) is 3.12. The van der Waals surface area contributed by atoms with Crippen molar-refractivity contribution in [2.75, 3.05) is 32.0 Å². The lowest BCUT2D eigenvalue weighted by molar-refractivity contribution is -0.890. The van der Waals surface area contributed by atoms with Crippen molar-refractivity contribution in [2.45, 2.75) is 18.1 Å². The van der Waals surface area contributed by atoms with Gasteiger partial charge in [-0.3, -0.25) is 4.79 Å². The quantitative estimate of drug-likeness (QED) is 0.306. The van der Waals surface area contributed by atoms with Gasteiger partial charge >= 0.3 is 5.97 Å². The number of nitrogens with zero attached hydrogens (tertiary/aromatic N) is 3. The molecule has 3 aromatic rings. The first-order valence-electron chi connectivity index (χ1n) is 10.8. The molecule has 2 N–H and O–H groups in total. The lowest BCUT2D eigenvalue weighted by Gasteiger charge is -2.30. The molecular weight excluding hydrogens is 500 g/mol. The third-order valence-corrected chi connectivity index (χ3v) is 5.96. The smallest absolute Gasteiger partial charge is 0.348 e. The van der Waals surface area contributed by atoms with Crippen molar-refractivity contribution in [2.24, 2.45) is 0 Å². The van der Waals surface area contributed by atoms with Gasteiger partial charge in [-0.15, -0.1) is 0 Å². The first-order chi connectivity index (χ1) is 15.9. The molecule has 1 fully saturated rings. The van der Waals surface area contributed by atoms with Crippen LogP contribution in [0.4, 0.5) is 5.82 Å². The van der Waals surface area contributed by atoms with Crippen LogP contribution in [0, 0.1) is 0 Å². The van der Waals surface area contributed by atoms with E-state index in [1.54, 1.807) is 60.8 Å². The fourth-order valence-corrected chi connectivity index (χ4v) is 4.26. The Labute approximate surface area is 209 Å². The van der Waals surface area contributed by atoms with E-state index < -0.39 is 17.7 Å². The molecule has 9 heteroatoms. The van der Waals surface area contributed by atoms with E-state index in [0.29, 0.717) is 40.9 Å². The number of carbonyl (C=O) groups is 2. The Balaban J connectivity index is 0.00000324. The summed E-state index contributed by atoms with van der Waals surface area (Å²) in [6.45, 7) is 1.37. The highest BCUT2D eigenvalue weighted by atomic mass is 79.9. The van der Waals surface area contributed by atoms with Gasteiger partial charge in [-0.25, -0.2) is 14.8 Å². The van der Waals surface area contributed by atoms with Crippen LogP contribution in [0.15, 0.2) is 79.3 Å². The predicted molar refractivity (Wildman–Crippen MR) is 122 cm³/mol. The molecule has 1 saturated heterocycles. The van der Waals surface area contributed by atoms with Crippen LogP contribution in [-0.2, 0) is 19.9 Å². The van der Waals surface area contributed by atoms with Crippen molar-refractivity contribution in [3.63, 3.8) is 0 Å². The number of aliphatic hydroxyl groups is 1. The maximum absolute atomic E-state index is 13.3. The minimum absolute atomic E-state index is 0. The number of halogens is 1. The summed E-state index contributed by atoms with van der Waals surface area (Å²) < 4.78 is 6.24. The number of rotatable bonds is 7. The molecule has 1 aliphatic heterocycles. The Morgan fingerprint density at radius 1 is 1.09 bits per heavy atom. The number of hydrogen-bond acceptors (Lipinski definition) is 6. The number of amides is 1. The zero-order valence-corrected chi connectivity index (χ0v) is 20.4. The summed E-state index contributed by atoms with van der Waals surface area (Å²) >= 11 is 0. The summed E-state index contributed by atoms with van der Waals surface area (Å²) in [5.74, 6) is -0.448. The van der Waals surface area contributed by atoms with Gasteiger partial charge in [0.25, 0.3) is 5.91 Å². The number of likely N-dealkylation sites (N-methyl/N-ethyl adjacent to an activating group) is 1. The van der Waals surface area contributed by atoms with Crippen molar-refractivity contribution >= 4 is 17.7 Å². The lowest BCUT2D eigenvalue weighted by atomic mass is 9.86. The number of aromatic nitrogens is 2. The van der Waals surface area contributed by atoms with Gasteiger partial charge in [0, 0.05) is 12.6 Å². The van der Waals surface area contributed by atoms with Crippen molar-refractivity contribution in [1.82, 2.24) is 9.97 Å². The number of benzene rings is 2. The highest BCUT2D eigenvalue weighted by Crippen LogP contribution is 2.32. The average Bonchev–Trinajstić information content (AvgIpc) is 3.19. The minimum atomic E-state index is -1.92. The van der Waals surface area contributed by atoms with Crippen LogP contribution in [0.2, 0.25) is 0 Å². The number of ether oxygens (including phenoxy) is 1. The Morgan fingerprint density at radius 3 is 2.26 bits per heavy atom. The molecule has 1 amide bonds. The average molecular weight is 527 g/mol. The minimum Gasteiger partial charge on any atom is -1.00 e. The van der Waals surface area contributed by atoms with E-state index >= 15 is 0 Å². The number of nitrogens with one attached hydrogen (secondary N) is 1. The second-order valence-corrected chi connectivity index (χ2v) is 8.59. The molecule has 2 heterocycles. The van der Waals surface area contributed by atoms with Crippen LogP contribution < -0.4 is 22.3 Å². The molecule has 34 heavy (non-hydrogen) atoms. The largest absolute Gasteiger partial charge is 1.00 e. The number of quaternary nitrogens is 1. The van der Waals surface area contributed by atoms with Crippen LogP contribution in [-0.4, -0.2) is 64.2 Å². The molecule has 4 rings (SSSR count). The molecule has 0 bridgehead atoms. The number of anilines is 1. The normalized spacial score (nSPS) is 19.6. The van der Waals surface area contributed by atoms with Crippen LogP contribution in [0.1, 0.15) is 17.5 Å². The van der Waals surface area contributed by atoms with Gasteiger partial charge in [0.2, 0.25) is 5.60 Å².